The topological polar surface area (TPSA) is 46.2 Å². The molecule has 0 radical (unpaired) electrons. The third kappa shape index (κ3) is 2.76. The van der Waals surface area contributed by atoms with Crippen molar-refractivity contribution in [1.29, 1.82) is 0 Å². The molecule has 0 saturated carbocycles. The number of aromatic hydroxyl groups is 1. The molecular weight excluding hydrogens is 231 g/mol. The largest absolute Gasteiger partial charge is 0.506 e. The smallest absolute Gasteiger partial charge is 0.416 e. The lowest BCUT2D eigenvalue weighted by atomic mass is 10.1. The van der Waals surface area contributed by atoms with Crippen LogP contribution in [0.3, 0.4) is 0 Å². The molecule has 2 nitrogen and oxygen atoms in total. The predicted octanol–water partition coefficient (Wildman–Crippen LogP) is 2.57. The predicted molar refractivity (Wildman–Crippen MR) is 50.9 cm³/mol. The van der Waals surface area contributed by atoms with Crippen molar-refractivity contribution in [3.8, 4) is 5.75 Å². The third-order valence-electron chi connectivity index (χ3n) is 1.88. The molecule has 6 heteroatoms. The summed E-state index contributed by atoms with van der Waals surface area (Å²) in [6.07, 6.45) is -4.32. The average Bonchev–Trinajstić information content (AvgIpc) is 2.11. The molecule has 0 aliphatic carbocycles. The fourth-order valence-corrected chi connectivity index (χ4v) is 1.40. The molecule has 0 heterocycles. The molecule has 0 aliphatic rings. The molecule has 1 rings (SSSR count). The molecular formula is C9H9ClF3NO. The van der Waals surface area contributed by atoms with Crippen molar-refractivity contribution in [3.05, 3.63) is 28.3 Å². The van der Waals surface area contributed by atoms with E-state index in [0.717, 1.165) is 6.07 Å². The SMILES string of the molecule is NCCc1cc(C(F)(F)F)cc(Cl)c1O. The Balaban J connectivity index is 3.23. The van der Waals surface area contributed by atoms with E-state index in [0.29, 0.717) is 6.07 Å². The second kappa shape index (κ2) is 4.28. The van der Waals surface area contributed by atoms with Crippen LogP contribution in [0.2, 0.25) is 5.02 Å². The first kappa shape index (κ1) is 12.1. The molecule has 0 fully saturated rings. The summed E-state index contributed by atoms with van der Waals surface area (Å²) in [4.78, 5) is 0. The van der Waals surface area contributed by atoms with Gasteiger partial charge in [-0.1, -0.05) is 11.6 Å². The number of rotatable bonds is 2. The highest BCUT2D eigenvalue weighted by Crippen LogP contribution is 2.36. The van der Waals surface area contributed by atoms with Gasteiger partial charge >= 0.3 is 6.18 Å². The van der Waals surface area contributed by atoms with Crippen molar-refractivity contribution in [2.45, 2.75) is 12.6 Å². The van der Waals surface area contributed by atoms with Gasteiger partial charge in [0, 0.05) is 0 Å². The minimum absolute atomic E-state index is 0.109. The van der Waals surface area contributed by atoms with E-state index < -0.39 is 11.7 Å². The molecule has 0 spiro atoms. The van der Waals surface area contributed by atoms with Crippen LogP contribution in [0.5, 0.6) is 5.75 Å². The van der Waals surface area contributed by atoms with Crippen molar-refractivity contribution in [2.75, 3.05) is 6.54 Å². The Hall–Kier alpha value is -0.940. The Morgan fingerprint density at radius 2 is 1.93 bits per heavy atom. The Morgan fingerprint density at radius 3 is 2.40 bits per heavy atom. The monoisotopic (exact) mass is 239 g/mol. The second-order valence-corrected chi connectivity index (χ2v) is 3.41. The van der Waals surface area contributed by atoms with Gasteiger partial charge in [0.2, 0.25) is 0 Å². The van der Waals surface area contributed by atoms with E-state index in [9.17, 15) is 18.3 Å². The molecule has 0 aromatic heterocycles. The van der Waals surface area contributed by atoms with E-state index in [2.05, 4.69) is 0 Å². The van der Waals surface area contributed by atoms with E-state index in [1.54, 1.807) is 0 Å². The number of benzene rings is 1. The van der Waals surface area contributed by atoms with E-state index in [1.165, 1.54) is 0 Å². The molecule has 1 aromatic carbocycles. The lowest BCUT2D eigenvalue weighted by molar-refractivity contribution is -0.137. The summed E-state index contributed by atoms with van der Waals surface area (Å²) < 4.78 is 37.0. The van der Waals surface area contributed by atoms with E-state index >= 15 is 0 Å². The number of phenolic OH excluding ortho intramolecular Hbond substituents is 1. The third-order valence-corrected chi connectivity index (χ3v) is 2.17. The van der Waals surface area contributed by atoms with Crippen molar-refractivity contribution in [3.63, 3.8) is 0 Å². The summed E-state index contributed by atoms with van der Waals surface area (Å²) >= 11 is 5.47. The fourth-order valence-electron chi connectivity index (χ4n) is 1.17. The van der Waals surface area contributed by atoms with E-state index in [-0.39, 0.29) is 29.3 Å². The maximum atomic E-state index is 12.3. The minimum Gasteiger partial charge on any atom is -0.506 e. The summed E-state index contributed by atoms with van der Waals surface area (Å²) in [5.74, 6) is -0.338. The zero-order valence-electron chi connectivity index (χ0n) is 7.61. The maximum Gasteiger partial charge on any atom is 0.416 e. The number of nitrogens with two attached hydrogens (primary N) is 1. The summed E-state index contributed by atoms with van der Waals surface area (Å²) in [6.45, 7) is 0.144. The van der Waals surface area contributed by atoms with Gasteiger partial charge in [0.1, 0.15) is 5.75 Å². The van der Waals surface area contributed by atoms with Gasteiger partial charge in [0.05, 0.1) is 10.6 Å². The van der Waals surface area contributed by atoms with Crippen molar-refractivity contribution >= 4 is 11.6 Å². The average molecular weight is 240 g/mol. The van der Waals surface area contributed by atoms with Gasteiger partial charge in [-0.25, -0.2) is 0 Å². The zero-order chi connectivity index (χ0) is 11.6. The van der Waals surface area contributed by atoms with Crippen LogP contribution in [0.25, 0.3) is 0 Å². The van der Waals surface area contributed by atoms with Crippen LogP contribution < -0.4 is 5.73 Å². The van der Waals surface area contributed by atoms with Crippen LogP contribution in [-0.2, 0) is 12.6 Å². The van der Waals surface area contributed by atoms with Gasteiger partial charge in [-0.2, -0.15) is 13.2 Å². The van der Waals surface area contributed by atoms with Crippen molar-refractivity contribution in [1.82, 2.24) is 0 Å². The maximum absolute atomic E-state index is 12.3. The van der Waals surface area contributed by atoms with Crippen LogP contribution in [0.4, 0.5) is 13.2 Å². The van der Waals surface area contributed by atoms with E-state index in [1.807, 2.05) is 0 Å². The van der Waals surface area contributed by atoms with Gasteiger partial charge in [-0.3, -0.25) is 0 Å². The first-order valence-electron chi connectivity index (χ1n) is 4.15. The molecule has 0 atom stereocenters. The molecule has 0 aliphatic heterocycles. The van der Waals surface area contributed by atoms with Crippen LogP contribution in [0.1, 0.15) is 11.1 Å². The van der Waals surface area contributed by atoms with E-state index in [4.69, 9.17) is 17.3 Å². The summed E-state index contributed by atoms with van der Waals surface area (Å²) in [7, 11) is 0. The van der Waals surface area contributed by atoms with Crippen molar-refractivity contribution < 1.29 is 18.3 Å². The highest BCUT2D eigenvalue weighted by atomic mass is 35.5. The number of hydrogen-bond acceptors (Lipinski definition) is 2. The van der Waals surface area contributed by atoms with Gasteiger partial charge in [-0.15, -0.1) is 0 Å². The van der Waals surface area contributed by atoms with Gasteiger partial charge in [-0.05, 0) is 30.7 Å². The molecule has 0 saturated heterocycles. The summed E-state index contributed by atoms with van der Waals surface area (Å²) in [5.41, 5.74) is 4.43. The fraction of sp³-hybridized carbons (Fsp3) is 0.333. The quantitative estimate of drug-likeness (QED) is 0.833. The second-order valence-electron chi connectivity index (χ2n) is 3.00. The number of halogens is 4. The Bertz CT molecular complexity index is 365. The van der Waals surface area contributed by atoms with Gasteiger partial charge in [0.15, 0.2) is 0 Å². The molecule has 1 aromatic rings. The molecule has 0 amide bonds. The Labute approximate surface area is 89.5 Å². The van der Waals surface area contributed by atoms with Crippen LogP contribution >= 0.6 is 11.6 Å². The summed E-state index contributed by atoms with van der Waals surface area (Å²) in [5, 5.41) is 9.05. The van der Waals surface area contributed by atoms with Gasteiger partial charge < -0.3 is 10.8 Å². The number of alkyl halides is 3. The minimum atomic E-state index is -4.47. The first-order chi connectivity index (χ1) is 6.86. The Morgan fingerprint density at radius 1 is 1.33 bits per heavy atom. The summed E-state index contributed by atoms with van der Waals surface area (Å²) in [6, 6.07) is 1.55. The Kier molecular flexibility index (Phi) is 3.46. The molecule has 0 bridgehead atoms. The zero-order valence-corrected chi connectivity index (χ0v) is 8.36. The normalized spacial score (nSPS) is 11.8. The lowest BCUT2D eigenvalue weighted by Gasteiger charge is -2.11. The number of phenols is 1. The van der Waals surface area contributed by atoms with Crippen molar-refractivity contribution in [2.24, 2.45) is 5.73 Å². The molecule has 3 N–H and O–H groups in total. The van der Waals surface area contributed by atoms with Crippen LogP contribution in [0, 0.1) is 0 Å². The molecule has 0 unspecified atom stereocenters. The van der Waals surface area contributed by atoms with Crippen LogP contribution in [0.15, 0.2) is 12.1 Å². The standard InChI is InChI=1S/C9H9ClF3NO/c10-7-4-6(9(11,12)13)3-5(1-2-14)8(7)15/h3-4,15H,1-2,14H2. The highest BCUT2D eigenvalue weighted by Gasteiger charge is 2.31. The number of hydrogen-bond donors (Lipinski definition) is 2. The lowest BCUT2D eigenvalue weighted by Crippen LogP contribution is -2.08. The van der Waals surface area contributed by atoms with Crippen LogP contribution in [-0.4, -0.2) is 11.7 Å². The highest BCUT2D eigenvalue weighted by molar-refractivity contribution is 6.32. The van der Waals surface area contributed by atoms with Gasteiger partial charge in [0.25, 0.3) is 0 Å². The molecule has 15 heavy (non-hydrogen) atoms. The first-order valence-corrected chi connectivity index (χ1v) is 4.52. The molecule has 84 valence electrons.